The van der Waals surface area contributed by atoms with E-state index < -0.39 is 0 Å². The number of hydrogen-bond acceptors (Lipinski definition) is 3. The van der Waals surface area contributed by atoms with Crippen molar-refractivity contribution in [3.63, 3.8) is 0 Å². The number of H-pyrrole nitrogens is 1. The van der Waals surface area contributed by atoms with Gasteiger partial charge in [0.05, 0.1) is 0 Å². The second-order valence-electron chi connectivity index (χ2n) is 5.51. The van der Waals surface area contributed by atoms with Gasteiger partial charge in [0.2, 0.25) is 0 Å². The van der Waals surface area contributed by atoms with Crippen LogP contribution < -0.4 is 5.73 Å². The van der Waals surface area contributed by atoms with E-state index in [0.29, 0.717) is 23.3 Å². The molecule has 2 unspecified atom stereocenters. The maximum absolute atomic E-state index is 12.6. The fraction of sp³-hybridized carbons (Fsp3) is 0.692. The third-order valence-electron chi connectivity index (χ3n) is 4.46. The summed E-state index contributed by atoms with van der Waals surface area (Å²) in [5.41, 5.74) is 7.13. The normalized spacial score (nSPS) is 27.3. The number of aromatic amines is 1. The number of aromatic nitrogens is 2. The van der Waals surface area contributed by atoms with Crippen molar-refractivity contribution in [2.24, 2.45) is 5.92 Å². The highest BCUT2D eigenvalue weighted by Crippen LogP contribution is 2.37. The number of nitrogens with one attached hydrogen (secondary N) is 1. The molecule has 18 heavy (non-hydrogen) atoms. The summed E-state index contributed by atoms with van der Waals surface area (Å²) in [4.78, 5) is 14.6. The van der Waals surface area contributed by atoms with Gasteiger partial charge in [-0.15, -0.1) is 0 Å². The predicted molar refractivity (Wildman–Crippen MR) is 69.1 cm³/mol. The molecule has 5 heteroatoms. The van der Waals surface area contributed by atoms with Crippen molar-refractivity contribution in [1.82, 2.24) is 15.1 Å². The van der Waals surface area contributed by atoms with Crippen LogP contribution in [0.15, 0.2) is 0 Å². The van der Waals surface area contributed by atoms with Crippen LogP contribution in [0, 0.1) is 12.8 Å². The molecular formula is C13H20N4O. The topological polar surface area (TPSA) is 75.0 Å². The van der Waals surface area contributed by atoms with E-state index in [2.05, 4.69) is 10.2 Å². The monoisotopic (exact) mass is 248 g/mol. The van der Waals surface area contributed by atoms with E-state index in [1.54, 1.807) is 0 Å². The molecule has 1 aliphatic heterocycles. The summed E-state index contributed by atoms with van der Waals surface area (Å²) in [5, 5.41) is 6.71. The summed E-state index contributed by atoms with van der Waals surface area (Å²) < 4.78 is 0. The summed E-state index contributed by atoms with van der Waals surface area (Å²) >= 11 is 0. The van der Waals surface area contributed by atoms with Crippen molar-refractivity contribution in [3.05, 3.63) is 11.3 Å². The minimum atomic E-state index is 0.0631. The number of fused-ring (bicyclic) bond motifs is 1. The number of nitrogens with zero attached hydrogens (tertiary/aromatic N) is 2. The van der Waals surface area contributed by atoms with Crippen molar-refractivity contribution >= 4 is 11.7 Å². The first-order valence-electron chi connectivity index (χ1n) is 6.80. The van der Waals surface area contributed by atoms with Crippen LogP contribution in [0.25, 0.3) is 0 Å². The van der Waals surface area contributed by atoms with Gasteiger partial charge < -0.3 is 10.6 Å². The van der Waals surface area contributed by atoms with Gasteiger partial charge in [0.25, 0.3) is 5.91 Å². The van der Waals surface area contributed by atoms with Crippen molar-refractivity contribution in [1.29, 1.82) is 0 Å². The van der Waals surface area contributed by atoms with Gasteiger partial charge in [-0.25, -0.2) is 0 Å². The smallest absolute Gasteiger partial charge is 0.259 e. The fourth-order valence-electron chi connectivity index (χ4n) is 3.52. The molecular weight excluding hydrogens is 228 g/mol. The quantitative estimate of drug-likeness (QED) is 0.794. The number of hydrogen-bond donors (Lipinski definition) is 2. The highest BCUT2D eigenvalue weighted by molar-refractivity contribution is 5.99. The molecule has 1 aliphatic carbocycles. The molecule has 1 aromatic rings. The Morgan fingerprint density at radius 3 is 2.89 bits per heavy atom. The van der Waals surface area contributed by atoms with E-state index in [1.165, 1.54) is 19.3 Å². The fourth-order valence-corrected chi connectivity index (χ4v) is 3.52. The van der Waals surface area contributed by atoms with Crippen molar-refractivity contribution in [2.45, 2.75) is 45.1 Å². The molecule has 1 amide bonds. The van der Waals surface area contributed by atoms with Gasteiger partial charge in [0, 0.05) is 18.3 Å². The Labute approximate surface area is 107 Å². The number of aryl methyl sites for hydroxylation is 1. The van der Waals surface area contributed by atoms with E-state index in [9.17, 15) is 4.79 Å². The minimum absolute atomic E-state index is 0.0631. The lowest BCUT2D eigenvalue weighted by atomic mass is 9.85. The number of carbonyl (C=O) groups excluding carboxylic acids is 1. The van der Waals surface area contributed by atoms with Gasteiger partial charge in [0.15, 0.2) is 5.82 Å². The van der Waals surface area contributed by atoms with Crippen LogP contribution >= 0.6 is 0 Å². The molecule has 0 aromatic carbocycles. The van der Waals surface area contributed by atoms with Gasteiger partial charge in [-0.3, -0.25) is 9.89 Å². The van der Waals surface area contributed by atoms with Gasteiger partial charge in [-0.05, 0) is 32.1 Å². The second kappa shape index (κ2) is 4.30. The predicted octanol–water partition coefficient (Wildman–Crippen LogP) is 1.71. The van der Waals surface area contributed by atoms with E-state index >= 15 is 0 Å². The molecule has 98 valence electrons. The van der Waals surface area contributed by atoms with Crippen LogP contribution in [0.4, 0.5) is 5.82 Å². The van der Waals surface area contributed by atoms with Crippen molar-refractivity contribution < 1.29 is 4.79 Å². The summed E-state index contributed by atoms with van der Waals surface area (Å²) in [6.07, 6.45) is 6.12. The standard InChI is InChI=1S/C13H20N4O/c1-8-11(12(14)16-15-8)13(18)17-7-6-9-4-2-3-5-10(9)17/h9-10H,2-7H2,1H3,(H3,14,15,16). The maximum Gasteiger partial charge on any atom is 0.259 e. The number of nitrogen functional groups attached to an aromatic ring is 1. The van der Waals surface area contributed by atoms with Gasteiger partial charge in [-0.2, -0.15) is 5.10 Å². The summed E-state index contributed by atoms with van der Waals surface area (Å²) in [6.45, 7) is 2.73. The lowest BCUT2D eigenvalue weighted by Gasteiger charge is -2.31. The molecule has 0 spiro atoms. The lowest BCUT2D eigenvalue weighted by molar-refractivity contribution is 0.0690. The zero-order chi connectivity index (χ0) is 12.7. The molecule has 2 fully saturated rings. The van der Waals surface area contributed by atoms with Crippen LogP contribution in [0.5, 0.6) is 0 Å². The lowest BCUT2D eigenvalue weighted by Crippen LogP contribution is -2.39. The average Bonchev–Trinajstić information content (AvgIpc) is 2.93. The Balaban J connectivity index is 1.85. The minimum Gasteiger partial charge on any atom is -0.382 e. The summed E-state index contributed by atoms with van der Waals surface area (Å²) in [5.74, 6) is 1.10. The first-order chi connectivity index (χ1) is 8.68. The number of amides is 1. The third-order valence-corrected chi connectivity index (χ3v) is 4.46. The zero-order valence-corrected chi connectivity index (χ0v) is 10.8. The van der Waals surface area contributed by atoms with Gasteiger partial charge in [0.1, 0.15) is 5.56 Å². The molecule has 0 bridgehead atoms. The first-order valence-corrected chi connectivity index (χ1v) is 6.80. The van der Waals surface area contributed by atoms with E-state index in [0.717, 1.165) is 25.1 Å². The van der Waals surface area contributed by atoms with Crippen molar-refractivity contribution in [2.75, 3.05) is 12.3 Å². The van der Waals surface area contributed by atoms with Gasteiger partial charge >= 0.3 is 0 Å². The molecule has 5 nitrogen and oxygen atoms in total. The van der Waals surface area contributed by atoms with E-state index in [-0.39, 0.29) is 5.91 Å². The number of carbonyl (C=O) groups is 1. The van der Waals surface area contributed by atoms with Crippen molar-refractivity contribution in [3.8, 4) is 0 Å². The van der Waals surface area contributed by atoms with Crippen LogP contribution in [0.3, 0.4) is 0 Å². The molecule has 1 saturated carbocycles. The number of rotatable bonds is 1. The molecule has 2 atom stereocenters. The number of nitrogens with two attached hydrogens (primary N) is 1. The Kier molecular flexibility index (Phi) is 2.76. The van der Waals surface area contributed by atoms with E-state index in [4.69, 9.17) is 5.73 Å². The van der Waals surface area contributed by atoms with Gasteiger partial charge in [-0.1, -0.05) is 12.8 Å². The number of likely N-dealkylation sites (tertiary alicyclic amines) is 1. The summed E-state index contributed by atoms with van der Waals surface area (Å²) in [6, 6.07) is 0.431. The zero-order valence-electron chi connectivity index (χ0n) is 10.8. The summed E-state index contributed by atoms with van der Waals surface area (Å²) in [7, 11) is 0. The molecule has 2 aliphatic rings. The second-order valence-corrected chi connectivity index (χ2v) is 5.51. The van der Waals surface area contributed by atoms with Crippen LogP contribution in [0.2, 0.25) is 0 Å². The Morgan fingerprint density at radius 2 is 2.17 bits per heavy atom. The van der Waals surface area contributed by atoms with Crippen LogP contribution in [-0.4, -0.2) is 33.6 Å². The largest absolute Gasteiger partial charge is 0.382 e. The number of anilines is 1. The maximum atomic E-state index is 12.6. The molecule has 1 aromatic heterocycles. The molecule has 3 rings (SSSR count). The third kappa shape index (κ3) is 1.69. The first kappa shape index (κ1) is 11.6. The molecule has 3 N–H and O–H groups in total. The highest BCUT2D eigenvalue weighted by Gasteiger charge is 2.39. The Morgan fingerprint density at radius 1 is 1.39 bits per heavy atom. The molecule has 0 radical (unpaired) electrons. The Bertz CT molecular complexity index is 448. The van der Waals surface area contributed by atoms with Crippen LogP contribution in [0.1, 0.15) is 48.2 Å². The molecule has 1 saturated heterocycles. The SMILES string of the molecule is Cc1[nH]nc(N)c1C(=O)N1CCC2CCCCC21. The molecule has 2 heterocycles. The van der Waals surface area contributed by atoms with Crippen LogP contribution in [-0.2, 0) is 0 Å². The average molecular weight is 248 g/mol. The Hall–Kier alpha value is -1.52. The van der Waals surface area contributed by atoms with E-state index in [1.807, 2.05) is 11.8 Å². The highest BCUT2D eigenvalue weighted by atomic mass is 16.2.